The number of hydrogen-bond donors (Lipinski definition) is 2. The van der Waals surface area contributed by atoms with Gasteiger partial charge >= 0.3 is 0 Å². The summed E-state index contributed by atoms with van der Waals surface area (Å²) in [5.41, 5.74) is 4.28. The topological polar surface area (TPSA) is 81.7 Å². The Bertz CT molecular complexity index is 935. The molecule has 1 aromatic carbocycles. The number of aromatic nitrogens is 1. The van der Waals surface area contributed by atoms with Gasteiger partial charge in [0.1, 0.15) is 5.82 Å². The fourth-order valence-corrected chi connectivity index (χ4v) is 4.26. The van der Waals surface area contributed by atoms with Crippen molar-refractivity contribution in [2.24, 2.45) is 0 Å². The van der Waals surface area contributed by atoms with Gasteiger partial charge in [0, 0.05) is 25.3 Å². The van der Waals surface area contributed by atoms with Gasteiger partial charge in [0.05, 0.1) is 23.8 Å². The lowest BCUT2D eigenvalue weighted by Crippen LogP contribution is -2.32. The molecular formula is C25H30ClN3O4. The number of carbonyl (C=O) groups excluding carboxylic acids is 1. The van der Waals surface area contributed by atoms with Crippen LogP contribution < -0.4 is 10.8 Å². The molecule has 7 nitrogen and oxygen atoms in total. The Morgan fingerprint density at radius 2 is 2.06 bits per heavy atom. The van der Waals surface area contributed by atoms with E-state index in [-0.39, 0.29) is 24.3 Å². The molecule has 1 aromatic heterocycles. The molecule has 3 atom stereocenters. The third kappa shape index (κ3) is 7.27. The highest BCUT2D eigenvalue weighted by Gasteiger charge is 2.28. The Balaban J connectivity index is 1.26. The van der Waals surface area contributed by atoms with E-state index in [1.54, 1.807) is 18.3 Å². The quantitative estimate of drug-likeness (QED) is 0.401. The smallest absolute Gasteiger partial charge is 0.267 e. The Morgan fingerprint density at radius 3 is 2.85 bits per heavy atom. The van der Waals surface area contributed by atoms with Gasteiger partial charge in [-0.05, 0) is 55.4 Å². The zero-order valence-corrected chi connectivity index (χ0v) is 19.3. The van der Waals surface area contributed by atoms with Crippen molar-refractivity contribution in [1.29, 1.82) is 0 Å². The van der Waals surface area contributed by atoms with Gasteiger partial charge in [-0.2, -0.15) is 0 Å². The number of anilines is 1. The number of pyridine rings is 1. The van der Waals surface area contributed by atoms with E-state index in [1.807, 2.05) is 18.2 Å². The lowest BCUT2D eigenvalue weighted by molar-refractivity contribution is -0.198. The monoisotopic (exact) mass is 471 g/mol. The normalized spacial score (nSPS) is 23.0. The summed E-state index contributed by atoms with van der Waals surface area (Å²) in [6.45, 7) is 1.24. The van der Waals surface area contributed by atoms with Crippen LogP contribution in [0.25, 0.3) is 6.08 Å². The van der Waals surface area contributed by atoms with Crippen molar-refractivity contribution in [3.63, 3.8) is 0 Å². The third-order valence-electron chi connectivity index (χ3n) is 5.80. The van der Waals surface area contributed by atoms with Gasteiger partial charge in [0.2, 0.25) is 0 Å². The van der Waals surface area contributed by atoms with E-state index in [2.05, 4.69) is 27.9 Å². The van der Waals surface area contributed by atoms with Crippen molar-refractivity contribution in [3.8, 4) is 0 Å². The van der Waals surface area contributed by atoms with Crippen molar-refractivity contribution in [2.45, 2.75) is 63.6 Å². The first-order valence-electron chi connectivity index (χ1n) is 11.5. The maximum atomic E-state index is 12.0. The van der Waals surface area contributed by atoms with Crippen LogP contribution in [0.3, 0.4) is 0 Å². The summed E-state index contributed by atoms with van der Waals surface area (Å²) in [6.07, 6.45) is 10.4. The number of hydrogen-bond acceptors (Lipinski definition) is 6. The predicted octanol–water partition coefficient (Wildman–Crippen LogP) is 4.87. The number of ether oxygens (including phenoxy) is 2. The average molecular weight is 472 g/mol. The van der Waals surface area contributed by atoms with Crippen LogP contribution in [0, 0.1) is 0 Å². The first-order valence-corrected chi connectivity index (χ1v) is 11.9. The van der Waals surface area contributed by atoms with Gasteiger partial charge in [-0.3, -0.25) is 4.79 Å². The molecule has 1 aliphatic heterocycles. The van der Waals surface area contributed by atoms with Crippen molar-refractivity contribution in [1.82, 2.24) is 10.5 Å². The molecule has 33 heavy (non-hydrogen) atoms. The van der Waals surface area contributed by atoms with E-state index in [0.717, 1.165) is 49.7 Å². The largest absolute Gasteiger partial charge is 0.371 e. The van der Waals surface area contributed by atoms with Crippen LogP contribution in [0.4, 0.5) is 5.82 Å². The summed E-state index contributed by atoms with van der Waals surface area (Å²) >= 11 is 6.47. The standard InChI is InChI=1S/C25H30ClN3O4/c26-20-15-19(12-13-23(30)29-33-24-11-4-5-14-31-24)16-27-25(20)28-21-9-6-10-22(21)32-17-18-7-2-1-3-8-18/h1-3,7-8,12-13,15-16,21-22,24H,4-6,9-11,14,17H2,(H,27,28)(H,29,30)/b13-12+/t21-,22-,24?/m1/s1. The zero-order chi connectivity index (χ0) is 22.9. The molecule has 2 heterocycles. The average Bonchev–Trinajstić information content (AvgIpc) is 3.30. The van der Waals surface area contributed by atoms with Crippen LogP contribution >= 0.6 is 11.6 Å². The number of hydroxylamine groups is 1. The zero-order valence-electron chi connectivity index (χ0n) is 18.5. The van der Waals surface area contributed by atoms with E-state index >= 15 is 0 Å². The number of halogens is 1. The second kappa shape index (κ2) is 12.1. The fraction of sp³-hybridized carbons (Fsp3) is 0.440. The minimum Gasteiger partial charge on any atom is -0.371 e. The van der Waals surface area contributed by atoms with E-state index in [1.165, 1.54) is 6.08 Å². The van der Waals surface area contributed by atoms with Gasteiger partial charge in [-0.25, -0.2) is 15.3 Å². The minimum atomic E-state index is -0.381. The van der Waals surface area contributed by atoms with Crippen LogP contribution in [0.2, 0.25) is 5.02 Å². The van der Waals surface area contributed by atoms with Gasteiger partial charge < -0.3 is 14.8 Å². The molecule has 2 fully saturated rings. The molecule has 1 unspecified atom stereocenters. The maximum Gasteiger partial charge on any atom is 0.267 e. The van der Waals surface area contributed by atoms with Crippen molar-refractivity contribution in [3.05, 3.63) is 64.8 Å². The minimum absolute atomic E-state index is 0.111. The molecule has 1 saturated carbocycles. The number of rotatable bonds is 9. The molecule has 2 aliphatic rings. The molecule has 1 amide bonds. The van der Waals surface area contributed by atoms with E-state index in [9.17, 15) is 4.79 Å². The highest BCUT2D eigenvalue weighted by Crippen LogP contribution is 2.29. The Kier molecular flexibility index (Phi) is 8.72. The van der Waals surface area contributed by atoms with Crippen LogP contribution in [0.1, 0.15) is 49.7 Å². The molecule has 0 radical (unpaired) electrons. The first-order chi connectivity index (χ1) is 16.2. The SMILES string of the molecule is O=C(/C=C/c1cnc(N[C@@H]2CCC[C@H]2OCc2ccccc2)c(Cl)c1)NOC1CCCCO1. The van der Waals surface area contributed by atoms with Gasteiger partial charge in [0.25, 0.3) is 5.91 Å². The van der Waals surface area contributed by atoms with Crippen molar-refractivity contribution >= 4 is 29.4 Å². The highest BCUT2D eigenvalue weighted by molar-refractivity contribution is 6.33. The first kappa shape index (κ1) is 23.7. The molecule has 0 spiro atoms. The summed E-state index contributed by atoms with van der Waals surface area (Å²) in [5, 5.41) is 3.94. The summed E-state index contributed by atoms with van der Waals surface area (Å²) < 4.78 is 11.6. The second-order valence-electron chi connectivity index (χ2n) is 8.33. The second-order valence-corrected chi connectivity index (χ2v) is 8.74. The van der Waals surface area contributed by atoms with Crippen LogP contribution in [0.15, 0.2) is 48.7 Å². The Morgan fingerprint density at radius 1 is 1.18 bits per heavy atom. The van der Waals surface area contributed by atoms with Gasteiger partial charge in [-0.1, -0.05) is 41.9 Å². The summed E-state index contributed by atoms with van der Waals surface area (Å²) in [5.74, 6) is 0.253. The Hall–Kier alpha value is -2.45. The molecule has 4 rings (SSSR count). The lowest BCUT2D eigenvalue weighted by atomic mass is 10.2. The molecule has 0 bridgehead atoms. The molecule has 1 aliphatic carbocycles. The van der Waals surface area contributed by atoms with Crippen LogP contribution in [0.5, 0.6) is 0 Å². The van der Waals surface area contributed by atoms with Crippen molar-refractivity contribution in [2.75, 3.05) is 11.9 Å². The number of carbonyl (C=O) groups is 1. The van der Waals surface area contributed by atoms with E-state index in [4.69, 9.17) is 25.9 Å². The maximum absolute atomic E-state index is 12.0. The highest BCUT2D eigenvalue weighted by atomic mass is 35.5. The number of benzene rings is 1. The third-order valence-corrected chi connectivity index (χ3v) is 6.09. The van der Waals surface area contributed by atoms with Gasteiger partial charge in [0.15, 0.2) is 6.29 Å². The van der Waals surface area contributed by atoms with Crippen LogP contribution in [-0.2, 0) is 25.7 Å². The van der Waals surface area contributed by atoms with Gasteiger partial charge in [-0.15, -0.1) is 0 Å². The van der Waals surface area contributed by atoms with E-state index in [0.29, 0.717) is 24.1 Å². The summed E-state index contributed by atoms with van der Waals surface area (Å²) in [4.78, 5) is 21.7. The fourth-order valence-electron chi connectivity index (χ4n) is 4.03. The molecule has 2 N–H and O–H groups in total. The van der Waals surface area contributed by atoms with Crippen LogP contribution in [-0.4, -0.2) is 35.9 Å². The predicted molar refractivity (Wildman–Crippen MR) is 127 cm³/mol. The number of nitrogens with zero attached hydrogens (tertiary/aromatic N) is 1. The number of nitrogens with one attached hydrogen (secondary N) is 2. The number of amides is 1. The Labute approximate surface area is 199 Å². The summed E-state index contributed by atoms with van der Waals surface area (Å²) in [7, 11) is 0. The van der Waals surface area contributed by atoms with E-state index < -0.39 is 0 Å². The molecular weight excluding hydrogens is 442 g/mol. The molecule has 2 aromatic rings. The molecule has 176 valence electrons. The van der Waals surface area contributed by atoms with Crippen molar-refractivity contribution < 1.29 is 19.1 Å². The molecule has 8 heteroatoms. The lowest BCUT2D eigenvalue weighted by Gasteiger charge is -2.22. The molecule has 1 saturated heterocycles. The summed E-state index contributed by atoms with van der Waals surface area (Å²) in [6, 6.07) is 12.1.